The number of carbonyl (C=O) groups excluding carboxylic acids is 1. The lowest BCUT2D eigenvalue weighted by Crippen LogP contribution is -2.47. The number of amides is 2. The summed E-state index contributed by atoms with van der Waals surface area (Å²) in [6.45, 7) is 4.50. The largest absolute Gasteiger partial charge is 0.491 e. The lowest BCUT2D eigenvalue weighted by molar-refractivity contribution is 0.144. The van der Waals surface area contributed by atoms with Gasteiger partial charge in [-0.3, -0.25) is 4.90 Å². The highest BCUT2D eigenvalue weighted by Gasteiger charge is 2.27. The Bertz CT molecular complexity index is 626. The van der Waals surface area contributed by atoms with Crippen LogP contribution >= 0.6 is 0 Å². The van der Waals surface area contributed by atoms with Crippen molar-refractivity contribution in [1.82, 2.24) is 9.80 Å². The highest BCUT2D eigenvalue weighted by molar-refractivity contribution is 5.91. The van der Waals surface area contributed by atoms with E-state index in [0.29, 0.717) is 12.0 Å². The first-order valence-corrected chi connectivity index (χ1v) is 9.46. The van der Waals surface area contributed by atoms with Gasteiger partial charge < -0.3 is 15.0 Å². The van der Waals surface area contributed by atoms with E-state index in [9.17, 15) is 4.79 Å². The van der Waals surface area contributed by atoms with E-state index >= 15 is 0 Å². The van der Waals surface area contributed by atoms with Gasteiger partial charge in [-0.2, -0.15) is 0 Å². The molecule has 5 heteroatoms. The van der Waals surface area contributed by atoms with E-state index in [0.717, 1.165) is 57.1 Å². The number of piperidine rings is 1. The molecule has 1 aromatic rings. The van der Waals surface area contributed by atoms with Crippen molar-refractivity contribution in [1.29, 1.82) is 0 Å². The normalized spacial score (nSPS) is 21.5. The molecule has 2 aliphatic heterocycles. The Hall–Kier alpha value is -2.01. The fraction of sp³-hybridized carbons (Fsp3) is 0.550. The van der Waals surface area contributed by atoms with E-state index in [-0.39, 0.29) is 6.03 Å². The lowest BCUT2D eigenvalue weighted by Gasteiger charge is -2.36. The molecular weight excluding hydrogens is 314 g/mol. The molecule has 1 aliphatic carbocycles. The summed E-state index contributed by atoms with van der Waals surface area (Å²) in [5.41, 5.74) is 0.777. The molecule has 134 valence electrons. The Kier molecular flexibility index (Phi) is 4.92. The lowest BCUT2D eigenvalue weighted by atomic mass is 10.0. The summed E-state index contributed by atoms with van der Waals surface area (Å²) >= 11 is 0. The zero-order valence-electron chi connectivity index (χ0n) is 14.7. The summed E-state index contributed by atoms with van der Waals surface area (Å²) in [4.78, 5) is 17.1. The molecule has 0 atom stereocenters. The van der Waals surface area contributed by atoms with Gasteiger partial charge in [-0.15, -0.1) is 0 Å². The first-order chi connectivity index (χ1) is 12.3. The van der Waals surface area contributed by atoms with Crippen LogP contribution in [0.5, 0.6) is 5.75 Å². The smallest absolute Gasteiger partial charge is 0.321 e. The molecule has 2 heterocycles. The van der Waals surface area contributed by atoms with Crippen LogP contribution in [0.25, 0.3) is 0 Å². The van der Waals surface area contributed by atoms with Crippen molar-refractivity contribution in [3.63, 3.8) is 0 Å². The number of nitrogens with zero attached hydrogens (tertiary/aromatic N) is 2. The van der Waals surface area contributed by atoms with Gasteiger partial charge in [0, 0.05) is 32.2 Å². The molecule has 0 unspecified atom stereocenters. The third kappa shape index (κ3) is 4.15. The number of para-hydroxylation sites is 2. The zero-order valence-corrected chi connectivity index (χ0v) is 14.7. The van der Waals surface area contributed by atoms with Crippen molar-refractivity contribution in [2.24, 2.45) is 5.92 Å². The average Bonchev–Trinajstić information content (AvgIpc) is 3.32. The Balaban J connectivity index is 1.30. The van der Waals surface area contributed by atoms with E-state index in [1.54, 1.807) is 0 Å². The van der Waals surface area contributed by atoms with Crippen LogP contribution in [-0.4, -0.2) is 54.7 Å². The Morgan fingerprint density at radius 1 is 1.08 bits per heavy atom. The standard InChI is InChI=1S/C20H27N3O2/c24-20(23-13-9-17(10-14-23)22-11-3-4-12-22)21-18-5-1-2-6-19(18)25-15-16-7-8-16/h1-6,16-17H,7-15H2,(H,21,24). The number of ether oxygens (including phenoxy) is 1. The predicted molar refractivity (Wildman–Crippen MR) is 99.0 cm³/mol. The summed E-state index contributed by atoms with van der Waals surface area (Å²) in [6.07, 6.45) is 9.09. The van der Waals surface area contributed by atoms with Gasteiger partial charge in [-0.1, -0.05) is 24.3 Å². The molecule has 0 spiro atoms. The highest BCUT2D eigenvalue weighted by atomic mass is 16.5. The van der Waals surface area contributed by atoms with Gasteiger partial charge in [0.1, 0.15) is 5.75 Å². The summed E-state index contributed by atoms with van der Waals surface area (Å²) < 4.78 is 5.89. The number of benzene rings is 1. The minimum absolute atomic E-state index is 0.0135. The number of nitrogens with one attached hydrogen (secondary N) is 1. The number of hydrogen-bond acceptors (Lipinski definition) is 3. The van der Waals surface area contributed by atoms with E-state index in [1.165, 1.54) is 12.8 Å². The molecule has 2 amide bonds. The third-order valence-electron chi connectivity index (χ3n) is 5.41. The van der Waals surface area contributed by atoms with E-state index < -0.39 is 0 Å². The Labute approximate surface area is 149 Å². The maximum absolute atomic E-state index is 12.6. The highest BCUT2D eigenvalue weighted by Crippen LogP contribution is 2.32. The van der Waals surface area contributed by atoms with Crippen LogP contribution in [0.15, 0.2) is 36.4 Å². The molecule has 0 aromatic heterocycles. The molecule has 4 rings (SSSR count). The molecule has 1 saturated heterocycles. The number of likely N-dealkylation sites (tertiary alicyclic amines) is 1. The second-order valence-electron chi connectivity index (χ2n) is 7.32. The predicted octanol–water partition coefficient (Wildman–Crippen LogP) is 3.34. The van der Waals surface area contributed by atoms with Crippen molar-refractivity contribution < 1.29 is 9.53 Å². The molecular formula is C20H27N3O2. The molecule has 0 radical (unpaired) electrons. The first-order valence-electron chi connectivity index (χ1n) is 9.46. The van der Waals surface area contributed by atoms with Crippen LogP contribution in [-0.2, 0) is 0 Å². The number of hydrogen-bond donors (Lipinski definition) is 1. The molecule has 25 heavy (non-hydrogen) atoms. The monoisotopic (exact) mass is 341 g/mol. The summed E-state index contributed by atoms with van der Waals surface area (Å²) in [7, 11) is 0. The number of anilines is 1. The topological polar surface area (TPSA) is 44.8 Å². The van der Waals surface area contributed by atoms with Crippen molar-refractivity contribution in [2.75, 3.05) is 38.1 Å². The van der Waals surface area contributed by atoms with Crippen molar-refractivity contribution >= 4 is 11.7 Å². The molecule has 3 aliphatic rings. The van der Waals surface area contributed by atoms with Crippen LogP contribution in [0.2, 0.25) is 0 Å². The van der Waals surface area contributed by atoms with E-state index in [4.69, 9.17) is 4.74 Å². The summed E-state index contributed by atoms with van der Waals surface area (Å²) in [6, 6.07) is 8.33. The molecule has 1 N–H and O–H groups in total. The van der Waals surface area contributed by atoms with Crippen LogP contribution in [0.3, 0.4) is 0 Å². The van der Waals surface area contributed by atoms with Crippen molar-refractivity contribution in [2.45, 2.75) is 31.7 Å². The number of urea groups is 1. The second-order valence-corrected chi connectivity index (χ2v) is 7.32. The SMILES string of the molecule is O=C(Nc1ccccc1OCC1CC1)N1CCC(N2CC=CC2)CC1. The van der Waals surface area contributed by atoms with E-state index in [1.807, 2.05) is 29.2 Å². The fourth-order valence-electron chi connectivity index (χ4n) is 3.61. The Morgan fingerprint density at radius 3 is 2.52 bits per heavy atom. The van der Waals surface area contributed by atoms with Gasteiger partial charge in [0.2, 0.25) is 0 Å². The van der Waals surface area contributed by atoms with Crippen LogP contribution in [0, 0.1) is 5.92 Å². The van der Waals surface area contributed by atoms with Crippen LogP contribution in [0.1, 0.15) is 25.7 Å². The first kappa shape index (κ1) is 16.5. The van der Waals surface area contributed by atoms with Crippen LogP contribution in [0.4, 0.5) is 10.5 Å². The van der Waals surface area contributed by atoms with Crippen LogP contribution < -0.4 is 10.1 Å². The minimum Gasteiger partial charge on any atom is -0.491 e. The summed E-state index contributed by atoms with van der Waals surface area (Å²) in [5, 5.41) is 3.04. The molecule has 0 bridgehead atoms. The van der Waals surface area contributed by atoms with Gasteiger partial charge in [-0.25, -0.2) is 4.79 Å². The Morgan fingerprint density at radius 2 is 1.80 bits per heavy atom. The zero-order chi connectivity index (χ0) is 17.1. The van der Waals surface area contributed by atoms with Gasteiger partial charge in [0.15, 0.2) is 0 Å². The van der Waals surface area contributed by atoms with Crippen molar-refractivity contribution in [3.05, 3.63) is 36.4 Å². The minimum atomic E-state index is -0.0135. The molecule has 2 fully saturated rings. The van der Waals surface area contributed by atoms with Gasteiger partial charge >= 0.3 is 6.03 Å². The second kappa shape index (κ2) is 7.48. The number of rotatable bonds is 5. The number of carbonyl (C=O) groups is 1. The average molecular weight is 341 g/mol. The fourth-order valence-corrected chi connectivity index (χ4v) is 3.61. The third-order valence-corrected chi connectivity index (χ3v) is 5.41. The van der Waals surface area contributed by atoms with Gasteiger partial charge in [0.25, 0.3) is 0 Å². The van der Waals surface area contributed by atoms with Gasteiger partial charge in [0.05, 0.1) is 12.3 Å². The maximum Gasteiger partial charge on any atom is 0.321 e. The van der Waals surface area contributed by atoms with Gasteiger partial charge in [-0.05, 0) is 43.7 Å². The molecule has 1 saturated carbocycles. The molecule has 5 nitrogen and oxygen atoms in total. The molecule has 1 aromatic carbocycles. The maximum atomic E-state index is 12.6. The quantitative estimate of drug-likeness (QED) is 0.836. The van der Waals surface area contributed by atoms with Crippen molar-refractivity contribution in [3.8, 4) is 5.75 Å². The van der Waals surface area contributed by atoms with E-state index in [2.05, 4.69) is 22.4 Å². The summed E-state index contributed by atoms with van der Waals surface area (Å²) in [5.74, 6) is 1.48.